The average molecular weight is 474 g/mol. The summed E-state index contributed by atoms with van der Waals surface area (Å²) in [7, 11) is 3.09. The van der Waals surface area contributed by atoms with E-state index in [1.807, 2.05) is 54.3 Å². The first-order valence-corrected chi connectivity index (χ1v) is 11.7. The maximum atomic E-state index is 12.7. The summed E-state index contributed by atoms with van der Waals surface area (Å²) < 4.78 is 10.5. The Morgan fingerprint density at radius 2 is 1.63 bits per heavy atom. The zero-order chi connectivity index (χ0) is 24.8. The van der Waals surface area contributed by atoms with E-state index < -0.39 is 0 Å². The molecule has 0 saturated carbocycles. The molecule has 1 aliphatic rings. The third-order valence-electron chi connectivity index (χ3n) is 6.21. The van der Waals surface area contributed by atoms with Crippen LogP contribution in [0.1, 0.15) is 21.5 Å². The second-order valence-corrected chi connectivity index (χ2v) is 8.60. The van der Waals surface area contributed by atoms with Crippen molar-refractivity contribution in [3.05, 3.63) is 83.4 Å². The molecular weight excluding hydrogens is 442 g/mol. The van der Waals surface area contributed by atoms with Crippen molar-refractivity contribution in [2.75, 3.05) is 50.6 Å². The summed E-state index contributed by atoms with van der Waals surface area (Å²) in [6.45, 7) is 4.97. The Hall–Kier alpha value is -4.00. The Kier molecular flexibility index (Phi) is 7.55. The van der Waals surface area contributed by atoms with Crippen LogP contribution in [0, 0.1) is 6.92 Å². The van der Waals surface area contributed by atoms with Gasteiger partial charge in [0.25, 0.3) is 5.91 Å². The molecule has 1 aliphatic heterocycles. The summed E-state index contributed by atoms with van der Waals surface area (Å²) in [4.78, 5) is 29.7. The Morgan fingerprint density at radius 3 is 2.29 bits per heavy atom. The summed E-state index contributed by atoms with van der Waals surface area (Å²) >= 11 is 0. The van der Waals surface area contributed by atoms with Gasteiger partial charge >= 0.3 is 0 Å². The van der Waals surface area contributed by atoms with E-state index in [9.17, 15) is 9.59 Å². The van der Waals surface area contributed by atoms with Gasteiger partial charge in [-0.2, -0.15) is 0 Å². The second kappa shape index (κ2) is 11.0. The summed E-state index contributed by atoms with van der Waals surface area (Å²) in [5.74, 6) is 0.994. The number of hydrogen-bond donors (Lipinski definition) is 1. The molecular formula is C28H31N3O4. The highest BCUT2D eigenvalue weighted by Crippen LogP contribution is 2.26. The van der Waals surface area contributed by atoms with Crippen molar-refractivity contribution in [3.8, 4) is 11.5 Å². The highest BCUT2D eigenvalue weighted by Gasteiger charge is 2.21. The molecule has 7 heteroatoms. The Morgan fingerprint density at radius 1 is 0.886 bits per heavy atom. The van der Waals surface area contributed by atoms with E-state index in [2.05, 4.69) is 16.3 Å². The molecule has 0 atom stereocenters. The second-order valence-electron chi connectivity index (χ2n) is 8.60. The SMILES string of the molecule is COc1ccc(C(=O)Nc2ccc(N3CCN(C(=O)Cc4cccc(C)c4)CC3)cc2)c(OC)c1. The molecule has 3 aromatic rings. The fraction of sp³-hybridized carbons (Fsp3) is 0.286. The van der Waals surface area contributed by atoms with Gasteiger partial charge in [0.1, 0.15) is 11.5 Å². The highest BCUT2D eigenvalue weighted by molar-refractivity contribution is 6.06. The molecule has 0 spiro atoms. The quantitative estimate of drug-likeness (QED) is 0.558. The van der Waals surface area contributed by atoms with Crippen molar-refractivity contribution in [3.63, 3.8) is 0 Å². The van der Waals surface area contributed by atoms with Crippen LogP contribution in [0.25, 0.3) is 0 Å². The van der Waals surface area contributed by atoms with E-state index in [1.165, 1.54) is 12.7 Å². The molecule has 0 aromatic heterocycles. The first-order valence-electron chi connectivity index (χ1n) is 11.7. The Balaban J connectivity index is 1.32. The molecule has 1 N–H and O–H groups in total. The van der Waals surface area contributed by atoms with Crippen molar-refractivity contribution >= 4 is 23.2 Å². The molecule has 3 aromatic carbocycles. The third-order valence-corrected chi connectivity index (χ3v) is 6.21. The van der Waals surface area contributed by atoms with E-state index in [0.29, 0.717) is 42.3 Å². The van der Waals surface area contributed by atoms with Crippen molar-refractivity contribution < 1.29 is 19.1 Å². The van der Waals surface area contributed by atoms with Crippen LogP contribution in [0.4, 0.5) is 11.4 Å². The topological polar surface area (TPSA) is 71.1 Å². The number of nitrogens with one attached hydrogen (secondary N) is 1. The van der Waals surface area contributed by atoms with Gasteiger partial charge in [-0.05, 0) is 48.9 Å². The van der Waals surface area contributed by atoms with E-state index in [4.69, 9.17) is 9.47 Å². The van der Waals surface area contributed by atoms with Crippen LogP contribution in [-0.4, -0.2) is 57.1 Å². The predicted molar refractivity (Wildman–Crippen MR) is 138 cm³/mol. The maximum absolute atomic E-state index is 12.7. The predicted octanol–water partition coefficient (Wildman–Crippen LogP) is 4.16. The molecule has 182 valence electrons. The van der Waals surface area contributed by atoms with Crippen molar-refractivity contribution in [2.45, 2.75) is 13.3 Å². The first kappa shape index (κ1) is 24.1. The van der Waals surface area contributed by atoms with Crippen LogP contribution in [0.15, 0.2) is 66.7 Å². The number of methoxy groups -OCH3 is 2. The molecule has 1 fully saturated rings. The van der Waals surface area contributed by atoms with E-state index >= 15 is 0 Å². The van der Waals surface area contributed by atoms with Gasteiger partial charge in [0.05, 0.1) is 26.2 Å². The van der Waals surface area contributed by atoms with Crippen LogP contribution >= 0.6 is 0 Å². The van der Waals surface area contributed by atoms with Gasteiger partial charge in [0, 0.05) is 43.6 Å². The number of carbonyl (C=O) groups excluding carboxylic acids is 2. The lowest BCUT2D eigenvalue weighted by Crippen LogP contribution is -2.49. The van der Waals surface area contributed by atoms with E-state index in [1.54, 1.807) is 25.3 Å². The number of nitrogens with zero attached hydrogens (tertiary/aromatic N) is 2. The van der Waals surface area contributed by atoms with Gasteiger partial charge in [-0.1, -0.05) is 29.8 Å². The van der Waals surface area contributed by atoms with Crippen molar-refractivity contribution in [2.24, 2.45) is 0 Å². The van der Waals surface area contributed by atoms with Crippen LogP contribution in [0.2, 0.25) is 0 Å². The highest BCUT2D eigenvalue weighted by atomic mass is 16.5. The molecule has 2 amide bonds. The number of hydrogen-bond acceptors (Lipinski definition) is 5. The van der Waals surface area contributed by atoms with E-state index in [-0.39, 0.29) is 11.8 Å². The van der Waals surface area contributed by atoms with Gasteiger partial charge in [-0.25, -0.2) is 0 Å². The minimum Gasteiger partial charge on any atom is -0.497 e. The van der Waals surface area contributed by atoms with E-state index in [0.717, 1.165) is 24.3 Å². The Labute approximate surface area is 206 Å². The summed E-state index contributed by atoms with van der Waals surface area (Å²) in [5.41, 5.74) is 4.42. The third kappa shape index (κ3) is 5.93. The van der Waals surface area contributed by atoms with Crippen LogP contribution in [0.3, 0.4) is 0 Å². The van der Waals surface area contributed by atoms with Gasteiger partial charge in [-0.3, -0.25) is 9.59 Å². The molecule has 7 nitrogen and oxygen atoms in total. The molecule has 0 unspecified atom stereocenters. The van der Waals surface area contributed by atoms with Gasteiger partial charge in [0.2, 0.25) is 5.91 Å². The number of benzene rings is 3. The number of amides is 2. The number of piperazine rings is 1. The fourth-order valence-corrected chi connectivity index (χ4v) is 4.26. The standard InChI is InChI=1S/C28H31N3O4/c1-20-5-4-6-21(17-20)18-27(32)31-15-13-30(14-16-31)23-9-7-22(8-10-23)29-28(33)25-12-11-24(34-2)19-26(25)35-3/h4-12,17,19H,13-16,18H2,1-3H3,(H,29,33). The minimum atomic E-state index is -0.252. The zero-order valence-electron chi connectivity index (χ0n) is 20.4. The number of carbonyl (C=O) groups is 2. The molecule has 1 saturated heterocycles. The maximum Gasteiger partial charge on any atom is 0.259 e. The lowest BCUT2D eigenvalue weighted by Gasteiger charge is -2.36. The fourth-order valence-electron chi connectivity index (χ4n) is 4.26. The molecule has 0 bridgehead atoms. The Bertz CT molecular complexity index is 1190. The summed E-state index contributed by atoms with van der Waals surface area (Å²) in [6, 6.07) is 21.0. The average Bonchev–Trinajstić information content (AvgIpc) is 2.88. The lowest BCUT2D eigenvalue weighted by atomic mass is 10.1. The first-order chi connectivity index (χ1) is 17.0. The van der Waals surface area contributed by atoms with Gasteiger partial charge in [0.15, 0.2) is 0 Å². The molecule has 0 radical (unpaired) electrons. The van der Waals surface area contributed by atoms with Crippen LogP contribution < -0.4 is 19.7 Å². The van der Waals surface area contributed by atoms with Crippen LogP contribution in [0.5, 0.6) is 11.5 Å². The largest absolute Gasteiger partial charge is 0.497 e. The molecule has 0 aliphatic carbocycles. The number of aryl methyl sites for hydroxylation is 1. The number of anilines is 2. The van der Waals surface area contributed by atoms with Crippen LogP contribution in [-0.2, 0) is 11.2 Å². The number of rotatable bonds is 7. The zero-order valence-corrected chi connectivity index (χ0v) is 20.4. The number of ether oxygens (including phenoxy) is 2. The normalized spacial score (nSPS) is 13.3. The molecule has 1 heterocycles. The van der Waals surface area contributed by atoms with Gasteiger partial charge < -0.3 is 24.6 Å². The molecule has 4 rings (SSSR count). The smallest absolute Gasteiger partial charge is 0.259 e. The summed E-state index contributed by atoms with van der Waals surface area (Å²) in [6.07, 6.45) is 0.440. The van der Waals surface area contributed by atoms with Crippen molar-refractivity contribution in [1.29, 1.82) is 0 Å². The van der Waals surface area contributed by atoms with Crippen molar-refractivity contribution in [1.82, 2.24) is 4.90 Å². The van der Waals surface area contributed by atoms with Gasteiger partial charge in [-0.15, -0.1) is 0 Å². The summed E-state index contributed by atoms with van der Waals surface area (Å²) in [5, 5.41) is 2.92. The monoisotopic (exact) mass is 473 g/mol. The molecule has 35 heavy (non-hydrogen) atoms. The minimum absolute atomic E-state index is 0.169. The lowest BCUT2D eigenvalue weighted by molar-refractivity contribution is -0.130.